The van der Waals surface area contributed by atoms with E-state index in [1.54, 1.807) is 12.3 Å². The lowest BCUT2D eigenvalue weighted by molar-refractivity contribution is -0.0963. The Kier molecular flexibility index (Phi) is 4.39. The van der Waals surface area contributed by atoms with Crippen molar-refractivity contribution in [2.75, 3.05) is 6.54 Å². The average Bonchev–Trinajstić information content (AvgIpc) is 2.91. The predicted octanol–water partition coefficient (Wildman–Crippen LogP) is 2.60. The molecule has 126 valence electrons. The number of carboxylic acid groups (broad SMARTS) is 1. The summed E-state index contributed by atoms with van der Waals surface area (Å²) in [5, 5.41) is 13.2. The highest BCUT2D eigenvalue weighted by Gasteiger charge is 2.50. The average molecular weight is 320 g/mol. The van der Waals surface area contributed by atoms with Crippen molar-refractivity contribution >= 4 is 6.09 Å². The molecule has 1 aliphatic heterocycles. The van der Waals surface area contributed by atoms with Crippen LogP contribution >= 0.6 is 0 Å². The molecule has 2 heterocycles. The Hall–Kier alpha value is -1.89. The Bertz CT molecular complexity index is 548. The van der Waals surface area contributed by atoms with Crippen molar-refractivity contribution in [3.8, 4) is 5.88 Å². The molecule has 0 spiro atoms. The third-order valence-electron chi connectivity index (χ3n) is 4.85. The summed E-state index contributed by atoms with van der Waals surface area (Å²) < 4.78 is 6.09. The Morgan fingerprint density at radius 1 is 1.30 bits per heavy atom. The van der Waals surface area contributed by atoms with Crippen LogP contribution in [0.15, 0.2) is 18.6 Å². The summed E-state index contributed by atoms with van der Waals surface area (Å²) in [6, 6.07) is 1.66. The van der Waals surface area contributed by atoms with Crippen LogP contribution < -0.4 is 10.1 Å². The van der Waals surface area contributed by atoms with E-state index < -0.39 is 11.9 Å². The van der Waals surface area contributed by atoms with Gasteiger partial charge in [0.25, 0.3) is 0 Å². The summed E-state index contributed by atoms with van der Waals surface area (Å²) in [5.41, 5.74) is -0.122. The molecule has 23 heavy (non-hydrogen) atoms. The third-order valence-corrected chi connectivity index (χ3v) is 4.85. The second kappa shape index (κ2) is 6.31. The van der Waals surface area contributed by atoms with E-state index in [0.29, 0.717) is 18.8 Å². The topological polar surface area (TPSA) is 87.6 Å². The van der Waals surface area contributed by atoms with Crippen LogP contribution in [-0.4, -0.2) is 44.0 Å². The summed E-state index contributed by atoms with van der Waals surface area (Å²) in [4.78, 5) is 21.1. The number of nitrogens with one attached hydrogen (secondary N) is 1. The van der Waals surface area contributed by atoms with Gasteiger partial charge in [0, 0.05) is 30.8 Å². The van der Waals surface area contributed by atoms with Gasteiger partial charge in [-0.25, -0.2) is 14.8 Å². The highest BCUT2D eigenvalue weighted by atomic mass is 16.6. The van der Waals surface area contributed by atoms with Gasteiger partial charge in [0.2, 0.25) is 11.7 Å². The molecule has 1 saturated heterocycles. The second-order valence-electron chi connectivity index (χ2n) is 6.72. The Labute approximate surface area is 136 Å². The molecule has 1 aliphatic carbocycles. The van der Waals surface area contributed by atoms with E-state index in [4.69, 9.17) is 4.74 Å². The quantitative estimate of drug-likeness (QED) is 0.829. The largest absolute Gasteiger partial charge is 0.465 e. The summed E-state index contributed by atoms with van der Waals surface area (Å²) in [6.45, 7) is 2.62. The molecule has 1 aromatic heterocycles. The van der Waals surface area contributed by atoms with Gasteiger partial charge in [-0.2, -0.15) is 0 Å². The SMILES string of the molecule is CC1(NC2(Oc3ccncn3)CCCN2C(=O)O)CCCCC1. The monoisotopic (exact) mass is 320 g/mol. The Morgan fingerprint density at radius 3 is 2.74 bits per heavy atom. The fraction of sp³-hybridized carbons (Fsp3) is 0.688. The van der Waals surface area contributed by atoms with Gasteiger partial charge in [0.1, 0.15) is 6.33 Å². The van der Waals surface area contributed by atoms with Gasteiger partial charge in [0.15, 0.2) is 0 Å². The smallest absolute Gasteiger partial charge is 0.411 e. The minimum atomic E-state index is -1.05. The third kappa shape index (κ3) is 3.39. The lowest BCUT2D eigenvalue weighted by atomic mass is 9.83. The number of hydrogen-bond donors (Lipinski definition) is 2. The highest BCUT2D eigenvalue weighted by Crippen LogP contribution is 2.36. The zero-order chi connectivity index (χ0) is 16.3. The molecule has 3 rings (SSSR count). The standard InChI is InChI=1S/C16H24N4O3/c1-15(7-3-2-4-8-15)19-16(9-5-11-20(16)14(21)22)23-13-6-10-17-12-18-13/h6,10,12,19H,2-5,7-9,11H2,1H3,(H,21,22). The molecule has 1 unspecified atom stereocenters. The zero-order valence-electron chi connectivity index (χ0n) is 13.5. The Balaban J connectivity index is 1.88. The summed E-state index contributed by atoms with van der Waals surface area (Å²) in [7, 11) is 0. The molecule has 0 radical (unpaired) electrons. The first-order valence-electron chi connectivity index (χ1n) is 8.28. The van der Waals surface area contributed by atoms with Crippen LogP contribution in [0.25, 0.3) is 0 Å². The van der Waals surface area contributed by atoms with Gasteiger partial charge in [-0.15, -0.1) is 0 Å². The number of nitrogens with zero attached hydrogens (tertiary/aromatic N) is 3. The van der Waals surface area contributed by atoms with Gasteiger partial charge in [0.05, 0.1) is 0 Å². The molecule has 0 bridgehead atoms. The number of aromatic nitrogens is 2. The van der Waals surface area contributed by atoms with Gasteiger partial charge in [-0.3, -0.25) is 10.2 Å². The summed E-state index contributed by atoms with van der Waals surface area (Å²) in [6.07, 6.45) is 9.00. The molecule has 7 nitrogen and oxygen atoms in total. The van der Waals surface area contributed by atoms with Crippen molar-refractivity contribution in [1.82, 2.24) is 20.2 Å². The van der Waals surface area contributed by atoms with Gasteiger partial charge in [-0.1, -0.05) is 19.3 Å². The lowest BCUT2D eigenvalue weighted by Crippen LogP contribution is -2.67. The normalized spacial score (nSPS) is 26.9. The summed E-state index contributed by atoms with van der Waals surface area (Å²) in [5.74, 6) is -0.660. The molecular weight excluding hydrogens is 296 g/mol. The van der Waals surface area contributed by atoms with Gasteiger partial charge in [-0.05, 0) is 26.2 Å². The van der Waals surface area contributed by atoms with Crippen molar-refractivity contribution in [3.05, 3.63) is 18.6 Å². The first-order chi connectivity index (χ1) is 11.0. The number of ether oxygens (including phenoxy) is 1. The van der Waals surface area contributed by atoms with E-state index >= 15 is 0 Å². The number of carbonyl (C=O) groups is 1. The minimum absolute atomic E-state index is 0.122. The van der Waals surface area contributed by atoms with Crippen molar-refractivity contribution < 1.29 is 14.6 Å². The minimum Gasteiger partial charge on any atom is -0.465 e. The van der Waals surface area contributed by atoms with Crippen LogP contribution in [0.4, 0.5) is 4.79 Å². The van der Waals surface area contributed by atoms with Crippen LogP contribution in [0, 0.1) is 0 Å². The van der Waals surface area contributed by atoms with Crippen LogP contribution in [0.5, 0.6) is 5.88 Å². The van der Waals surface area contributed by atoms with E-state index in [1.165, 1.54) is 17.6 Å². The molecule has 0 aromatic carbocycles. The van der Waals surface area contributed by atoms with Crippen LogP contribution in [-0.2, 0) is 0 Å². The fourth-order valence-electron chi connectivity index (χ4n) is 3.74. The predicted molar refractivity (Wildman–Crippen MR) is 84.0 cm³/mol. The zero-order valence-corrected chi connectivity index (χ0v) is 13.5. The molecule has 2 N–H and O–H groups in total. The maximum atomic E-state index is 11.7. The van der Waals surface area contributed by atoms with Crippen LogP contribution in [0.1, 0.15) is 51.9 Å². The molecule has 7 heteroatoms. The highest BCUT2D eigenvalue weighted by molar-refractivity contribution is 5.66. The van der Waals surface area contributed by atoms with Crippen molar-refractivity contribution in [3.63, 3.8) is 0 Å². The van der Waals surface area contributed by atoms with Crippen molar-refractivity contribution in [2.24, 2.45) is 0 Å². The maximum absolute atomic E-state index is 11.7. The van der Waals surface area contributed by atoms with Crippen LogP contribution in [0.2, 0.25) is 0 Å². The van der Waals surface area contributed by atoms with E-state index in [0.717, 1.165) is 32.1 Å². The number of hydrogen-bond acceptors (Lipinski definition) is 5. The van der Waals surface area contributed by atoms with E-state index in [2.05, 4.69) is 22.2 Å². The van der Waals surface area contributed by atoms with E-state index in [9.17, 15) is 9.90 Å². The first-order valence-corrected chi connectivity index (χ1v) is 8.28. The van der Waals surface area contributed by atoms with Gasteiger partial charge < -0.3 is 9.84 Å². The number of amides is 1. The number of rotatable bonds is 4. The lowest BCUT2D eigenvalue weighted by Gasteiger charge is -2.45. The van der Waals surface area contributed by atoms with E-state index in [1.807, 2.05) is 0 Å². The van der Waals surface area contributed by atoms with Crippen molar-refractivity contribution in [2.45, 2.75) is 63.3 Å². The molecule has 1 aromatic rings. The van der Waals surface area contributed by atoms with Gasteiger partial charge >= 0.3 is 6.09 Å². The molecular formula is C16H24N4O3. The summed E-state index contributed by atoms with van der Waals surface area (Å²) >= 11 is 0. The maximum Gasteiger partial charge on any atom is 0.411 e. The Morgan fingerprint density at radius 2 is 2.09 bits per heavy atom. The number of likely N-dealkylation sites (tertiary alicyclic amines) is 1. The molecule has 2 fully saturated rings. The first kappa shape index (κ1) is 16.0. The molecule has 2 aliphatic rings. The van der Waals surface area contributed by atoms with Crippen LogP contribution in [0.3, 0.4) is 0 Å². The molecule has 1 saturated carbocycles. The van der Waals surface area contributed by atoms with Crippen molar-refractivity contribution in [1.29, 1.82) is 0 Å². The molecule has 1 atom stereocenters. The second-order valence-corrected chi connectivity index (χ2v) is 6.72. The van der Waals surface area contributed by atoms with E-state index in [-0.39, 0.29) is 5.54 Å². The fourth-order valence-corrected chi connectivity index (χ4v) is 3.74. The molecule has 1 amide bonds.